The van der Waals surface area contributed by atoms with E-state index in [1.165, 1.54) is 23.1 Å². The molecular formula is C15H15N3O2S2. The molecule has 114 valence electrons. The van der Waals surface area contributed by atoms with Crippen LogP contribution in [0.4, 0.5) is 11.5 Å². The summed E-state index contributed by atoms with van der Waals surface area (Å²) in [7, 11) is 0. The second kappa shape index (κ2) is 7.29. The standard InChI is InChI=1S/C15H15N3O2S2/c1-4-20-14(19)13-12(10(8-16)15(21-3)22-13)18-11-7-5-6-9(2)17-11/h5-7H,4H2,1-3H3,(H,17,18). The SMILES string of the molecule is CCOC(=O)c1sc(SC)c(C#N)c1Nc1cccc(C)n1. The van der Waals surface area contributed by atoms with Crippen molar-refractivity contribution in [3.05, 3.63) is 34.3 Å². The first-order valence-electron chi connectivity index (χ1n) is 6.59. The highest BCUT2D eigenvalue weighted by molar-refractivity contribution is 8.00. The summed E-state index contributed by atoms with van der Waals surface area (Å²) in [4.78, 5) is 16.9. The molecule has 0 aromatic carbocycles. The van der Waals surface area contributed by atoms with Crippen molar-refractivity contribution in [3.8, 4) is 6.07 Å². The van der Waals surface area contributed by atoms with Gasteiger partial charge in [-0.05, 0) is 32.2 Å². The number of aromatic nitrogens is 1. The summed E-state index contributed by atoms with van der Waals surface area (Å²) in [5.41, 5.74) is 1.76. The van der Waals surface area contributed by atoms with E-state index in [-0.39, 0.29) is 6.61 Å². The number of carbonyl (C=O) groups is 1. The summed E-state index contributed by atoms with van der Waals surface area (Å²) in [6.45, 7) is 3.92. The molecule has 2 heterocycles. The Kier molecular flexibility index (Phi) is 5.41. The Morgan fingerprint density at radius 2 is 2.32 bits per heavy atom. The number of hydrogen-bond donors (Lipinski definition) is 1. The van der Waals surface area contributed by atoms with Gasteiger partial charge < -0.3 is 10.1 Å². The molecule has 0 bridgehead atoms. The topological polar surface area (TPSA) is 75.0 Å². The molecule has 0 fully saturated rings. The second-order valence-electron chi connectivity index (χ2n) is 4.29. The molecular weight excluding hydrogens is 318 g/mol. The fourth-order valence-corrected chi connectivity index (χ4v) is 3.62. The number of pyridine rings is 1. The van der Waals surface area contributed by atoms with Gasteiger partial charge in [0.2, 0.25) is 0 Å². The van der Waals surface area contributed by atoms with Crippen LogP contribution in [-0.2, 0) is 4.74 Å². The van der Waals surface area contributed by atoms with Crippen molar-refractivity contribution in [1.29, 1.82) is 5.26 Å². The highest BCUT2D eigenvalue weighted by Gasteiger charge is 2.24. The van der Waals surface area contributed by atoms with E-state index in [0.717, 1.165) is 9.90 Å². The zero-order valence-corrected chi connectivity index (χ0v) is 14.1. The number of hydrogen-bond acceptors (Lipinski definition) is 7. The van der Waals surface area contributed by atoms with E-state index in [0.29, 0.717) is 21.9 Å². The fourth-order valence-electron chi connectivity index (χ4n) is 1.86. The van der Waals surface area contributed by atoms with Gasteiger partial charge in [0.05, 0.1) is 16.5 Å². The number of nitrogens with one attached hydrogen (secondary N) is 1. The lowest BCUT2D eigenvalue weighted by Crippen LogP contribution is -2.06. The third kappa shape index (κ3) is 3.40. The molecule has 0 unspecified atom stereocenters. The Morgan fingerprint density at radius 1 is 1.55 bits per heavy atom. The van der Waals surface area contributed by atoms with E-state index < -0.39 is 5.97 Å². The number of nitriles is 1. The Balaban J connectivity index is 2.49. The van der Waals surface area contributed by atoms with E-state index in [2.05, 4.69) is 16.4 Å². The van der Waals surface area contributed by atoms with Gasteiger partial charge in [0.1, 0.15) is 22.3 Å². The molecule has 2 aromatic rings. The van der Waals surface area contributed by atoms with Gasteiger partial charge in [-0.1, -0.05) is 6.07 Å². The average molecular weight is 333 g/mol. The van der Waals surface area contributed by atoms with Crippen molar-refractivity contribution in [2.24, 2.45) is 0 Å². The summed E-state index contributed by atoms with van der Waals surface area (Å²) in [5.74, 6) is 0.159. The Bertz CT molecular complexity index is 735. The molecule has 2 rings (SSSR count). The Labute approximate surface area is 137 Å². The summed E-state index contributed by atoms with van der Waals surface area (Å²) >= 11 is 2.69. The molecule has 7 heteroatoms. The fraction of sp³-hybridized carbons (Fsp3) is 0.267. The smallest absolute Gasteiger partial charge is 0.350 e. The zero-order valence-electron chi connectivity index (χ0n) is 12.5. The van der Waals surface area contributed by atoms with Crippen LogP contribution < -0.4 is 5.32 Å². The molecule has 0 aliphatic heterocycles. The molecule has 0 spiro atoms. The van der Waals surface area contributed by atoms with Crippen LogP contribution in [0.15, 0.2) is 22.4 Å². The predicted octanol–water partition coefficient (Wildman–Crippen LogP) is 3.97. The number of aryl methyl sites for hydroxylation is 1. The van der Waals surface area contributed by atoms with E-state index >= 15 is 0 Å². The molecule has 1 N–H and O–H groups in total. The largest absolute Gasteiger partial charge is 0.462 e. The van der Waals surface area contributed by atoms with Crippen LogP contribution in [0.1, 0.15) is 27.9 Å². The lowest BCUT2D eigenvalue weighted by Gasteiger charge is -2.08. The number of ether oxygens (including phenoxy) is 1. The van der Waals surface area contributed by atoms with Crippen molar-refractivity contribution in [3.63, 3.8) is 0 Å². The summed E-state index contributed by atoms with van der Waals surface area (Å²) in [6, 6.07) is 7.69. The van der Waals surface area contributed by atoms with Gasteiger partial charge in [0, 0.05) is 5.69 Å². The summed E-state index contributed by atoms with van der Waals surface area (Å²) in [6.07, 6.45) is 1.87. The van der Waals surface area contributed by atoms with Crippen molar-refractivity contribution < 1.29 is 9.53 Å². The maximum Gasteiger partial charge on any atom is 0.350 e. The first-order chi connectivity index (χ1) is 10.6. The Hall–Kier alpha value is -2.04. The van der Waals surface area contributed by atoms with Crippen LogP contribution >= 0.6 is 23.1 Å². The van der Waals surface area contributed by atoms with E-state index in [1.54, 1.807) is 13.0 Å². The van der Waals surface area contributed by atoms with Gasteiger partial charge in [-0.2, -0.15) is 5.26 Å². The van der Waals surface area contributed by atoms with Crippen LogP contribution in [0, 0.1) is 18.3 Å². The van der Waals surface area contributed by atoms with E-state index in [1.807, 2.05) is 25.3 Å². The highest BCUT2D eigenvalue weighted by atomic mass is 32.2. The lowest BCUT2D eigenvalue weighted by molar-refractivity contribution is 0.0533. The van der Waals surface area contributed by atoms with Crippen molar-refractivity contribution in [2.45, 2.75) is 18.1 Å². The third-order valence-electron chi connectivity index (χ3n) is 2.78. The number of thiophene rings is 1. The molecule has 0 aliphatic rings. The van der Waals surface area contributed by atoms with E-state index in [4.69, 9.17) is 4.74 Å². The van der Waals surface area contributed by atoms with Crippen LogP contribution in [0.5, 0.6) is 0 Å². The molecule has 0 saturated heterocycles. The number of thioether (sulfide) groups is 1. The van der Waals surface area contributed by atoms with Crippen molar-refractivity contribution >= 4 is 40.6 Å². The Morgan fingerprint density at radius 3 is 2.91 bits per heavy atom. The number of rotatable bonds is 5. The van der Waals surface area contributed by atoms with Crippen LogP contribution in [-0.4, -0.2) is 23.8 Å². The molecule has 0 amide bonds. The molecule has 0 saturated carbocycles. The predicted molar refractivity (Wildman–Crippen MR) is 89.0 cm³/mol. The van der Waals surface area contributed by atoms with E-state index in [9.17, 15) is 10.1 Å². The van der Waals surface area contributed by atoms with Crippen LogP contribution in [0.2, 0.25) is 0 Å². The minimum Gasteiger partial charge on any atom is -0.462 e. The molecule has 0 radical (unpaired) electrons. The maximum absolute atomic E-state index is 12.1. The normalized spacial score (nSPS) is 10.1. The first kappa shape index (κ1) is 16.3. The van der Waals surface area contributed by atoms with Crippen LogP contribution in [0.3, 0.4) is 0 Å². The minimum absolute atomic E-state index is 0.287. The van der Waals surface area contributed by atoms with Gasteiger partial charge in [0.25, 0.3) is 0 Å². The quantitative estimate of drug-likeness (QED) is 0.659. The summed E-state index contributed by atoms with van der Waals surface area (Å²) in [5, 5.41) is 12.5. The minimum atomic E-state index is -0.431. The second-order valence-corrected chi connectivity index (χ2v) is 6.39. The number of anilines is 2. The van der Waals surface area contributed by atoms with Crippen LogP contribution in [0.25, 0.3) is 0 Å². The zero-order chi connectivity index (χ0) is 16.1. The molecule has 2 aromatic heterocycles. The van der Waals surface area contributed by atoms with Crippen molar-refractivity contribution in [2.75, 3.05) is 18.2 Å². The third-order valence-corrected chi connectivity index (χ3v) is 5.06. The number of nitrogens with zero attached hydrogens (tertiary/aromatic N) is 2. The molecule has 22 heavy (non-hydrogen) atoms. The summed E-state index contributed by atoms with van der Waals surface area (Å²) < 4.78 is 5.86. The van der Waals surface area contributed by atoms with Gasteiger partial charge in [-0.3, -0.25) is 0 Å². The first-order valence-corrected chi connectivity index (χ1v) is 8.63. The highest BCUT2D eigenvalue weighted by Crippen LogP contribution is 2.40. The number of carbonyl (C=O) groups excluding carboxylic acids is 1. The molecule has 0 atom stereocenters. The van der Waals surface area contributed by atoms with Gasteiger partial charge in [-0.15, -0.1) is 23.1 Å². The number of esters is 1. The average Bonchev–Trinajstić information content (AvgIpc) is 2.85. The van der Waals surface area contributed by atoms with Gasteiger partial charge >= 0.3 is 5.97 Å². The monoisotopic (exact) mass is 333 g/mol. The lowest BCUT2D eigenvalue weighted by atomic mass is 10.2. The maximum atomic E-state index is 12.1. The molecule has 0 aliphatic carbocycles. The molecule has 5 nitrogen and oxygen atoms in total. The van der Waals surface area contributed by atoms with Gasteiger partial charge in [0.15, 0.2) is 0 Å². The van der Waals surface area contributed by atoms with Gasteiger partial charge in [-0.25, -0.2) is 9.78 Å². The van der Waals surface area contributed by atoms with Crippen molar-refractivity contribution in [1.82, 2.24) is 4.98 Å².